The van der Waals surface area contributed by atoms with Crippen molar-refractivity contribution in [2.75, 3.05) is 14.1 Å². The van der Waals surface area contributed by atoms with E-state index in [-0.39, 0.29) is 42.3 Å². The van der Waals surface area contributed by atoms with Crippen molar-refractivity contribution in [1.29, 1.82) is 0 Å². The summed E-state index contributed by atoms with van der Waals surface area (Å²) in [5.74, 6) is -0.127. The molecule has 0 saturated heterocycles. The highest BCUT2D eigenvalue weighted by molar-refractivity contribution is 5.87. The molecule has 0 radical (unpaired) electrons. The van der Waals surface area contributed by atoms with Crippen molar-refractivity contribution in [3.63, 3.8) is 0 Å². The molecule has 4 rings (SSSR count). The molecule has 1 unspecified atom stereocenters. The highest BCUT2D eigenvalue weighted by atomic mass is 16.2. The minimum Gasteiger partial charge on any atom is -0.353 e. The summed E-state index contributed by atoms with van der Waals surface area (Å²) in [6.45, 7) is 4.14. The van der Waals surface area contributed by atoms with Gasteiger partial charge in [-0.2, -0.15) is 0 Å². The molecule has 0 aromatic heterocycles. The average molecular weight is 500 g/mol. The van der Waals surface area contributed by atoms with E-state index in [1.807, 2.05) is 25.1 Å². The van der Waals surface area contributed by atoms with Crippen LogP contribution in [0.4, 0.5) is 0 Å². The summed E-state index contributed by atoms with van der Waals surface area (Å²) in [6.07, 6.45) is 5.44. The van der Waals surface area contributed by atoms with E-state index in [4.69, 9.17) is 0 Å². The third-order valence-electron chi connectivity index (χ3n) is 8.09. The van der Waals surface area contributed by atoms with E-state index in [1.54, 1.807) is 0 Å². The first-order valence-corrected chi connectivity index (χ1v) is 13.6. The van der Waals surface area contributed by atoms with Gasteiger partial charge in [-0.05, 0) is 81.9 Å². The first-order chi connectivity index (χ1) is 17.8. The van der Waals surface area contributed by atoms with Crippen LogP contribution < -0.4 is 10.6 Å². The lowest BCUT2D eigenvalue weighted by Gasteiger charge is -2.45. The van der Waals surface area contributed by atoms with Crippen LogP contribution in [0.3, 0.4) is 0 Å². The molecule has 1 aliphatic carbocycles. The van der Waals surface area contributed by atoms with Crippen LogP contribution in [0.25, 0.3) is 10.8 Å². The molecule has 1 fully saturated rings. The number of benzene rings is 3. The standard InChI is InChI=1S/C32H41N3O2/c1-23-9-7-10-25(21-23)22-32(35(3)4)19-17-27(18-20-32)34-31(37)16-15-30(36)33-24(2)28-14-8-12-26-11-5-6-13-29(26)28/h5-14,21,24,27H,15-20,22H2,1-4H3,(H,33,36)(H,34,37). The van der Waals surface area contributed by atoms with E-state index in [0.717, 1.165) is 48.4 Å². The Bertz CT molecular complexity index is 1220. The van der Waals surface area contributed by atoms with Crippen molar-refractivity contribution in [3.05, 3.63) is 83.4 Å². The van der Waals surface area contributed by atoms with Gasteiger partial charge in [-0.15, -0.1) is 0 Å². The smallest absolute Gasteiger partial charge is 0.220 e. The zero-order valence-electron chi connectivity index (χ0n) is 22.7. The second-order valence-corrected chi connectivity index (χ2v) is 11.0. The van der Waals surface area contributed by atoms with Gasteiger partial charge in [-0.1, -0.05) is 72.3 Å². The quantitative estimate of drug-likeness (QED) is 0.397. The number of hydrogen-bond donors (Lipinski definition) is 2. The molecule has 1 aliphatic rings. The van der Waals surface area contributed by atoms with Crippen LogP contribution in [-0.4, -0.2) is 42.4 Å². The molecule has 0 heterocycles. The summed E-state index contributed by atoms with van der Waals surface area (Å²) in [5, 5.41) is 8.57. The van der Waals surface area contributed by atoms with Gasteiger partial charge in [-0.3, -0.25) is 9.59 Å². The second-order valence-electron chi connectivity index (χ2n) is 11.0. The van der Waals surface area contributed by atoms with E-state index >= 15 is 0 Å². The summed E-state index contributed by atoms with van der Waals surface area (Å²) < 4.78 is 0. The molecule has 1 saturated carbocycles. The molecule has 0 spiro atoms. The molecule has 2 N–H and O–H groups in total. The van der Waals surface area contributed by atoms with Crippen molar-refractivity contribution in [3.8, 4) is 0 Å². The van der Waals surface area contributed by atoms with Gasteiger partial charge < -0.3 is 15.5 Å². The Morgan fingerprint density at radius 2 is 1.62 bits per heavy atom. The number of fused-ring (bicyclic) bond motifs is 1. The fourth-order valence-corrected chi connectivity index (χ4v) is 5.83. The lowest BCUT2D eigenvalue weighted by atomic mass is 9.74. The first kappa shape index (κ1) is 26.9. The van der Waals surface area contributed by atoms with Crippen molar-refractivity contribution in [2.45, 2.75) is 76.4 Å². The van der Waals surface area contributed by atoms with Crippen LogP contribution >= 0.6 is 0 Å². The molecule has 3 aromatic rings. The Kier molecular flexibility index (Phi) is 8.65. The molecular formula is C32H41N3O2. The fraction of sp³-hybridized carbons (Fsp3) is 0.438. The molecule has 5 heteroatoms. The van der Waals surface area contributed by atoms with E-state index in [2.05, 4.69) is 85.1 Å². The minimum absolute atomic E-state index is 0.0333. The van der Waals surface area contributed by atoms with Crippen molar-refractivity contribution in [1.82, 2.24) is 15.5 Å². The lowest BCUT2D eigenvalue weighted by molar-refractivity contribution is -0.127. The Balaban J connectivity index is 1.24. The number of likely N-dealkylation sites (N-methyl/N-ethyl adjacent to an activating group) is 1. The van der Waals surface area contributed by atoms with Crippen LogP contribution in [0.2, 0.25) is 0 Å². The number of nitrogens with zero attached hydrogens (tertiary/aromatic N) is 1. The maximum Gasteiger partial charge on any atom is 0.220 e. The van der Waals surface area contributed by atoms with Crippen LogP contribution in [0.15, 0.2) is 66.7 Å². The van der Waals surface area contributed by atoms with Gasteiger partial charge in [0.15, 0.2) is 0 Å². The number of aryl methyl sites for hydroxylation is 1. The number of carbonyl (C=O) groups is 2. The fourth-order valence-electron chi connectivity index (χ4n) is 5.83. The normalized spacial score (nSPS) is 20.5. The SMILES string of the molecule is Cc1cccc(CC2(N(C)C)CCC(NC(=O)CCC(=O)NC(C)c3cccc4ccccc34)CC2)c1. The number of amides is 2. The number of rotatable bonds is 9. The van der Waals surface area contributed by atoms with Crippen LogP contribution in [0.1, 0.15) is 68.2 Å². The van der Waals surface area contributed by atoms with Crippen LogP contribution in [0.5, 0.6) is 0 Å². The highest BCUT2D eigenvalue weighted by Gasteiger charge is 2.37. The highest BCUT2D eigenvalue weighted by Crippen LogP contribution is 2.35. The van der Waals surface area contributed by atoms with Gasteiger partial charge in [0.05, 0.1) is 6.04 Å². The predicted octanol–water partition coefficient (Wildman–Crippen LogP) is 5.71. The van der Waals surface area contributed by atoms with E-state index in [0.29, 0.717) is 0 Å². The summed E-state index contributed by atoms with van der Waals surface area (Å²) in [6, 6.07) is 23.2. The topological polar surface area (TPSA) is 61.4 Å². The summed E-state index contributed by atoms with van der Waals surface area (Å²) in [5.41, 5.74) is 3.88. The molecule has 3 aromatic carbocycles. The summed E-state index contributed by atoms with van der Waals surface area (Å²) in [4.78, 5) is 27.7. The summed E-state index contributed by atoms with van der Waals surface area (Å²) in [7, 11) is 4.35. The zero-order chi connectivity index (χ0) is 26.4. The molecular weight excluding hydrogens is 458 g/mol. The number of nitrogens with one attached hydrogen (secondary N) is 2. The Hall–Kier alpha value is -3.18. The van der Waals surface area contributed by atoms with E-state index in [1.165, 1.54) is 11.1 Å². The molecule has 2 amide bonds. The van der Waals surface area contributed by atoms with Crippen molar-refractivity contribution in [2.24, 2.45) is 0 Å². The average Bonchev–Trinajstić information content (AvgIpc) is 2.88. The maximum atomic E-state index is 12.7. The van der Waals surface area contributed by atoms with Gasteiger partial charge >= 0.3 is 0 Å². The summed E-state index contributed by atoms with van der Waals surface area (Å²) >= 11 is 0. The van der Waals surface area contributed by atoms with E-state index in [9.17, 15) is 9.59 Å². The third-order valence-corrected chi connectivity index (χ3v) is 8.09. The molecule has 0 aliphatic heterocycles. The van der Waals surface area contributed by atoms with Gasteiger partial charge in [0.25, 0.3) is 0 Å². The van der Waals surface area contributed by atoms with Gasteiger partial charge in [0.2, 0.25) is 11.8 Å². The van der Waals surface area contributed by atoms with Gasteiger partial charge in [0, 0.05) is 24.4 Å². The number of carbonyl (C=O) groups excluding carboxylic acids is 2. The minimum atomic E-state index is -0.118. The Morgan fingerprint density at radius 3 is 2.35 bits per heavy atom. The van der Waals surface area contributed by atoms with Crippen LogP contribution in [0, 0.1) is 6.92 Å². The van der Waals surface area contributed by atoms with Crippen LogP contribution in [-0.2, 0) is 16.0 Å². The third kappa shape index (κ3) is 6.78. The number of hydrogen-bond acceptors (Lipinski definition) is 3. The maximum absolute atomic E-state index is 12.7. The lowest BCUT2D eigenvalue weighted by Crippen LogP contribution is -2.52. The Labute approximate surface area is 221 Å². The largest absolute Gasteiger partial charge is 0.353 e. The molecule has 1 atom stereocenters. The van der Waals surface area contributed by atoms with Gasteiger partial charge in [0.1, 0.15) is 0 Å². The molecule has 196 valence electrons. The molecule has 0 bridgehead atoms. The first-order valence-electron chi connectivity index (χ1n) is 13.6. The predicted molar refractivity (Wildman–Crippen MR) is 151 cm³/mol. The Morgan fingerprint density at radius 1 is 0.946 bits per heavy atom. The van der Waals surface area contributed by atoms with Crippen molar-refractivity contribution >= 4 is 22.6 Å². The monoisotopic (exact) mass is 499 g/mol. The molecule has 37 heavy (non-hydrogen) atoms. The zero-order valence-corrected chi connectivity index (χ0v) is 22.7. The molecule has 5 nitrogen and oxygen atoms in total. The second kappa shape index (κ2) is 11.9. The van der Waals surface area contributed by atoms with E-state index < -0.39 is 0 Å². The van der Waals surface area contributed by atoms with Gasteiger partial charge in [-0.25, -0.2) is 0 Å². The van der Waals surface area contributed by atoms with Crippen molar-refractivity contribution < 1.29 is 9.59 Å².